The van der Waals surface area contributed by atoms with Gasteiger partial charge in [-0.15, -0.1) is 11.3 Å². The Hall–Kier alpha value is -0.600. The molecule has 0 bridgehead atoms. The number of nitrogens with zero attached hydrogens (tertiary/aromatic N) is 1. The Morgan fingerprint density at radius 1 is 1.54 bits per heavy atom. The van der Waals surface area contributed by atoms with Gasteiger partial charge >= 0.3 is 0 Å². The highest BCUT2D eigenvalue weighted by molar-refractivity contribution is 14.1. The van der Waals surface area contributed by atoms with Crippen LogP contribution in [0.1, 0.15) is 11.1 Å². The van der Waals surface area contributed by atoms with Crippen LogP contribution in [0.4, 0.5) is 0 Å². The first kappa shape index (κ1) is 8.97. The van der Waals surface area contributed by atoms with Crippen LogP contribution in [0.5, 0.6) is 0 Å². The van der Waals surface area contributed by atoms with Gasteiger partial charge in [0.2, 0.25) is 0 Å². The van der Waals surface area contributed by atoms with E-state index in [0.717, 1.165) is 15.8 Å². The summed E-state index contributed by atoms with van der Waals surface area (Å²) in [6.45, 7) is 1.99. The second kappa shape index (κ2) is 3.28. The lowest BCUT2D eigenvalue weighted by Crippen LogP contribution is -1.84. The third-order valence-electron chi connectivity index (χ3n) is 2.00. The number of halogens is 1. The summed E-state index contributed by atoms with van der Waals surface area (Å²) in [5.74, 6) is 0. The molecule has 0 saturated carbocycles. The van der Waals surface area contributed by atoms with E-state index in [1.165, 1.54) is 8.96 Å². The first-order valence-corrected chi connectivity index (χ1v) is 5.76. The highest BCUT2D eigenvalue weighted by Gasteiger charge is 2.08. The smallest absolute Gasteiger partial charge is 0.101 e. The summed E-state index contributed by atoms with van der Waals surface area (Å²) < 4.78 is 2.34. The normalized spacial score (nSPS) is 10.2. The van der Waals surface area contributed by atoms with E-state index in [-0.39, 0.29) is 0 Å². The van der Waals surface area contributed by atoms with Gasteiger partial charge in [-0.1, -0.05) is 0 Å². The van der Waals surface area contributed by atoms with E-state index >= 15 is 0 Å². The molecule has 1 aromatic carbocycles. The minimum atomic E-state index is 0.824. The largest absolute Gasteiger partial charge is 0.192 e. The van der Waals surface area contributed by atoms with Crippen molar-refractivity contribution in [2.24, 2.45) is 0 Å². The van der Waals surface area contributed by atoms with Gasteiger partial charge < -0.3 is 0 Å². The molecule has 2 rings (SSSR count). The molecule has 64 valence electrons. The fraction of sp³-hybridized carbons (Fsp3) is 0.100. The molecule has 0 spiro atoms. The Kier molecular flexibility index (Phi) is 2.26. The average molecular weight is 299 g/mol. The number of hydrogen-bond acceptors (Lipinski definition) is 2. The van der Waals surface area contributed by atoms with Gasteiger partial charge in [-0.3, -0.25) is 0 Å². The molecule has 0 radical (unpaired) electrons. The van der Waals surface area contributed by atoms with Crippen molar-refractivity contribution in [1.29, 1.82) is 5.26 Å². The molecule has 0 aliphatic carbocycles. The molecule has 0 aliphatic heterocycles. The van der Waals surface area contributed by atoms with Gasteiger partial charge in [-0.2, -0.15) is 5.26 Å². The molecule has 0 unspecified atom stereocenters. The van der Waals surface area contributed by atoms with E-state index in [1.54, 1.807) is 11.3 Å². The summed E-state index contributed by atoms with van der Waals surface area (Å²) in [7, 11) is 0. The molecule has 1 heterocycles. The van der Waals surface area contributed by atoms with Crippen molar-refractivity contribution >= 4 is 44.0 Å². The highest BCUT2D eigenvalue weighted by atomic mass is 127. The molecule has 0 aliphatic rings. The molecule has 0 fully saturated rings. The monoisotopic (exact) mass is 299 g/mol. The average Bonchev–Trinajstić information content (AvgIpc) is 2.53. The standard InChI is InChI=1S/C10H6INS/c1-6-4-9(11)7-2-3-13-10(7)8(6)5-12/h2-4H,1H3. The molecule has 2 aromatic rings. The van der Waals surface area contributed by atoms with E-state index in [9.17, 15) is 0 Å². The summed E-state index contributed by atoms with van der Waals surface area (Å²) >= 11 is 3.95. The second-order valence-electron chi connectivity index (χ2n) is 2.83. The van der Waals surface area contributed by atoms with Gasteiger partial charge in [-0.25, -0.2) is 0 Å². The maximum atomic E-state index is 8.98. The fourth-order valence-corrected chi connectivity index (χ4v) is 3.42. The van der Waals surface area contributed by atoms with E-state index in [0.29, 0.717) is 0 Å². The molecule has 0 amide bonds. The first-order valence-electron chi connectivity index (χ1n) is 3.80. The fourth-order valence-electron chi connectivity index (χ4n) is 1.35. The van der Waals surface area contributed by atoms with Crippen LogP contribution < -0.4 is 0 Å². The summed E-state index contributed by atoms with van der Waals surface area (Å²) in [5.41, 5.74) is 1.90. The molecule has 0 atom stereocenters. The van der Waals surface area contributed by atoms with E-state index < -0.39 is 0 Å². The van der Waals surface area contributed by atoms with Crippen molar-refractivity contribution in [2.45, 2.75) is 6.92 Å². The predicted octanol–water partition coefficient (Wildman–Crippen LogP) is 3.69. The molecule has 1 aromatic heterocycles. The third kappa shape index (κ3) is 1.34. The van der Waals surface area contributed by atoms with Crippen molar-refractivity contribution in [3.63, 3.8) is 0 Å². The maximum absolute atomic E-state index is 8.98. The highest BCUT2D eigenvalue weighted by Crippen LogP contribution is 2.30. The van der Waals surface area contributed by atoms with Crippen molar-refractivity contribution in [2.75, 3.05) is 0 Å². The van der Waals surface area contributed by atoms with E-state index in [4.69, 9.17) is 5.26 Å². The molecule has 0 saturated heterocycles. The molecular weight excluding hydrogens is 293 g/mol. The van der Waals surface area contributed by atoms with Gasteiger partial charge in [0.15, 0.2) is 0 Å². The number of fused-ring (bicyclic) bond motifs is 1. The predicted molar refractivity (Wildman–Crippen MR) is 64.0 cm³/mol. The van der Waals surface area contributed by atoms with Crippen LogP contribution in [0.15, 0.2) is 17.5 Å². The number of nitriles is 1. The maximum Gasteiger partial charge on any atom is 0.101 e. The Labute approximate surface area is 94.1 Å². The lowest BCUT2D eigenvalue weighted by atomic mass is 10.1. The minimum Gasteiger partial charge on any atom is -0.192 e. The summed E-state index contributed by atoms with van der Waals surface area (Å²) in [6.07, 6.45) is 0. The summed E-state index contributed by atoms with van der Waals surface area (Å²) in [4.78, 5) is 0. The van der Waals surface area contributed by atoms with Gasteiger partial charge in [0.25, 0.3) is 0 Å². The van der Waals surface area contributed by atoms with Gasteiger partial charge in [0.1, 0.15) is 6.07 Å². The Balaban J connectivity index is 2.99. The molecule has 1 nitrogen and oxygen atoms in total. The zero-order valence-corrected chi connectivity index (χ0v) is 9.94. The summed E-state index contributed by atoms with van der Waals surface area (Å²) in [6, 6.07) is 6.39. The molecule has 0 N–H and O–H groups in total. The number of aryl methyl sites for hydroxylation is 1. The molecular formula is C10H6INS. The molecule has 13 heavy (non-hydrogen) atoms. The lowest BCUT2D eigenvalue weighted by Gasteiger charge is -2.00. The van der Waals surface area contributed by atoms with E-state index in [2.05, 4.69) is 40.8 Å². The quantitative estimate of drug-likeness (QED) is 0.681. The van der Waals surface area contributed by atoms with Crippen LogP contribution in [0.2, 0.25) is 0 Å². The summed E-state index contributed by atoms with van der Waals surface area (Å²) in [5, 5.41) is 12.2. The van der Waals surface area contributed by atoms with Crippen LogP contribution in [0.25, 0.3) is 10.1 Å². The van der Waals surface area contributed by atoms with Crippen molar-refractivity contribution in [1.82, 2.24) is 0 Å². The second-order valence-corrected chi connectivity index (χ2v) is 4.90. The number of thiophene rings is 1. The zero-order valence-electron chi connectivity index (χ0n) is 6.97. The number of benzene rings is 1. The van der Waals surface area contributed by atoms with Crippen LogP contribution >= 0.6 is 33.9 Å². The van der Waals surface area contributed by atoms with Gasteiger partial charge in [-0.05, 0) is 52.6 Å². The van der Waals surface area contributed by atoms with Crippen LogP contribution in [-0.2, 0) is 0 Å². The minimum absolute atomic E-state index is 0.824. The first-order chi connectivity index (χ1) is 6.24. The number of hydrogen-bond donors (Lipinski definition) is 0. The van der Waals surface area contributed by atoms with Crippen molar-refractivity contribution < 1.29 is 0 Å². The van der Waals surface area contributed by atoms with Gasteiger partial charge in [0.05, 0.1) is 10.3 Å². The van der Waals surface area contributed by atoms with E-state index in [1.807, 2.05) is 12.3 Å². The molecule has 3 heteroatoms. The third-order valence-corrected chi connectivity index (χ3v) is 3.82. The zero-order chi connectivity index (χ0) is 9.42. The van der Waals surface area contributed by atoms with Crippen LogP contribution in [-0.4, -0.2) is 0 Å². The SMILES string of the molecule is Cc1cc(I)c2ccsc2c1C#N. The van der Waals surface area contributed by atoms with Crippen molar-refractivity contribution in [3.8, 4) is 6.07 Å². The number of rotatable bonds is 0. The topological polar surface area (TPSA) is 23.8 Å². The Morgan fingerprint density at radius 3 is 3.00 bits per heavy atom. The Morgan fingerprint density at radius 2 is 2.31 bits per heavy atom. The van der Waals surface area contributed by atoms with Crippen LogP contribution in [0.3, 0.4) is 0 Å². The van der Waals surface area contributed by atoms with Gasteiger partial charge in [0, 0.05) is 8.96 Å². The Bertz CT molecular complexity index is 507. The van der Waals surface area contributed by atoms with Crippen LogP contribution in [0, 0.1) is 21.8 Å². The van der Waals surface area contributed by atoms with Crippen molar-refractivity contribution in [3.05, 3.63) is 32.2 Å². The lowest BCUT2D eigenvalue weighted by molar-refractivity contribution is 1.42.